The average Bonchev–Trinajstić information content (AvgIpc) is 3.12. The van der Waals surface area contributed by atoms with E-state index in [9.17, 15) is 4.79 Å². The molecule has 0 aliphatic carbocycles. The second kappa shape index (κ2) is 8.27. The number of aromatic nitrogens is 2. The first-order chi connectivity index (χ1) is 12.1. The summed E-state index contributed by atoms with van der Waals surface area (Å²) in [6.45, 7) is 3.60. The van der Waals surface area contributed by atoms with Gasteiger partial charge >= 0.3 is 0 Å². The zero-order chi connectivity index (χ0) is 17.6. The average molecular weight is 361 g/mol. The van der Waals surface area contributed by atoms with Crippen LogP contribution in [0.5, 0.6) is 0 Å². The topological polar surface area (TPSA) is 76.1 Å². The minimum Gasteiger partial charge on any atom is -0.376 e. The summed E-state index contributed by atoms with van der Waals surface area (Å²) in [5.74, 6) is 0.914. The van der Waals surface area contributed by atoms with Gasteiger partial charge in [-0.3, -0.25) is 4.79 Å². The summed E-state index contributed by atoms with van der Waals surface area (Å²) in [6.07, 6.45) is 2.33. The molecule has 1 saturated heterocycles. The molecule has 1 fully saturated rings. The number of amides is 1. The molecule has 0 bridgehead atoms. The van der Waals surface area contributed by atoms with E-state index in [-0.39, 0.29) is 12.0 Å². The van der Waals surface area contributed by atoms with Gasteiger partial charge in [-0.15, -0.1) is 0 Å². The summed E-state index contributed by atoms with van der Waals surface area (Å²) in [4.78, 5) is 20.9. The fourth-order valence-electron chi connectivity index (χ4n) is 2.71. The lowest BCUT2D eigenvalue weighted by molar-refractivity contribution is 0.0945. The molecule has 6 nitrogen and oxygen atoms in total. The van der Waals surface area contributed by atoms with Crippen LogP contribution in [-0.2, 0) is 11.3 Å². The lowest BCUT2D eigenvalue weighted by Gasteiger charge is -2.12. The Morgan fingerprint density at radius 2 is 2.20 bits per heavy atom. The van der Waals surface area contributed by atoms with E-state index in [0.717, 1.165) is 25.0 Å². The van der Waals surface area contributed by atoms with Crippen LogP contribution in [0.2, 0.25) is 5.02 Å². The maximum Gasteiger partial charge on any atom is 0.270 e. The SMILES string of the molecule is Cc1nc(NCC2CCCO2)cc(C(=O)NCc2ccccc2Cl)n1. The Bertz CT molecular complexity index is 748. The maximum atomic E-state index is 12.4. The zero-order valence-electron chi connectivity index (χ0n) is 14.1. The Morgan fingerprint density at radius 1 is 1.36 bits per heavy atom. The third kappa shape index (κ3) is 4.90. The van der Waals surface area contributed by atoms with E-state index in [1.165, 1.54) is 0 Å². The summed E-state index contributed by atoms with van der Waals surface area (Å²) >= 11 is 6.11. The van der Waals surface area contributed by atoms with Gasteiger partial charge in [0.05, 0.1) is 6.10 Å². The Kier molecular flexibility index (Phi) is 5.83. The maximum absolute atomic E-state index is 12.4. The quantitative estimate of drug-likeness (QED) is 0.828. The van der Waals surface area contributed by atoms with Gasteiger partial charge in [-0.2, -0.15) is 0 Å². The van der Waals surface area contributed by atoms with Crippen molar-refractivity contribution in [1.29, 1.82) is 0 Å². The van der Waals surface area contributed by atoms with Gasteiger partial charge < -0.3 is 15.4 Å². The smallest absolute Gasteiger partial charge is 0.270 e. The molecular weight excluding hydrogens is 340 g/mol. The fraction of sp³-hybridized carbons (Fsp3) is 0.389. The van der Waals surface area contributed by atoms with Gasteiger partial charge in [0.2, 0.25) is 0 Å². The van der Waals surface area contributed by atoms with E-state index in [1.807, 2.05) is 18.2 Å². The molecule has 132 valence electrons. The van der Waals surface area contributed by atoms with Crippen LogP contribution in [0.4, 0.5) is 5.82 Å². The van der Waals surface area contributed by atoms with Gasteiger partial charge in [-0.25, -0.2) is 9.97 Å². The van der Waals surface area contributed by atoms with Gasteiger partial charge in [-0.05, 0) is 31.4 Å². The number of nitrogens with zero attached hydrogens (tertiary/aromatic N) is 2. The van der Waals surface area contributed by atoms with Crippen molar-refractivity contribution in [2.24, 2.45) is 0 Å². The molecule has 1 aromatic carbocycles. The van der Waals surface area contributed by atoms with E-state index in [1.54, 1.807) is 19.1 Å². The Morgan fingerprint density at radius 3 is 2.96 bits per heavy atom. The van der Waals surface area contributed by atoms with E-state index in [2.05, 4.69) is 20.6 Å². The molecule has 2 aromatic rings. The number of carbonyl (C=O) groups excluding carboxylic acids is 1. The number of aryl methyl sites for hydroxylation is 1. The van der Waals surface area contributed by atoms with Crippen molar-refractivity contribution in [3.05, 3.63) is 52.4 Å². The molecule has 1 aliphatic rings. The number of halogens is 1. The van der Waals surface area contributed by atoms with Crippen LogP contribution in [0.25, 0.3) is 0 Å². The largest absolute Gasteiger partial charge is 0.376 e. The third-order valence-corrected chi connectivity index (χ3v) is 4.37. The predicted octanol–water partition coefficient (Wildman–Crippen LogP) is 2.96. The molecular formula is C18H21ClN4O2. The first kappa shape index (κ1) is 17.6. The number of carbonyl (C=O) groups is 1. The van der Waals surface area contributed by atoms with Crippen LogP contribution in [0.3, 0.4) is 0 Å². The number of nitrogens with one attached hydrogen (secondary N) is 2. The zero-order valence-corrected chi connectivity index (χ0v) is 14.8. The molecule has 0 radical (unpaired) electrons. The van der Waals surface area contributed by atoms with Crippen molar-refractivity contribution < 1.29 is 9.53 Å². The number of hydrogen-bond acceptors (Lipinski definition) is 5. The molecule has 2 heterocycles. The third-order valence-electron chi connectivity index (χ3n) is 4.00. The van der Waals surface area contributed by atoms with Gasteiger partial charge in [0.25, 0.3) is 5.91 Å². The van der Waals surface area contributed by atoms with Gasteiger partial charge in [0.15, 0.2) is 0 Å². The van der Waals surface area contributed by atoms with Crippen LogP contribution >= 0.6 is 11.6 Å². The Balaban J connectivity index is 1.62. The van der Waals surface area contributed by atoms with Crippen LogP contribution < -0.4 is 10.6 Å². The summed E-state index contributed by atoms with van der Waals surface area (Å²) in [5.41, 5.74) is 1.19. The number of benzene rings is 1. The molecule has 1 amide bonds. The lowest BCUT2D eigenvalue weighted by atomic mass is 10.2. The highest BCUT2D eigenvalue weighted by atomic mass is 35.5. The van der Waals surface area contributed by atoms with Gasteiger partial charge in [0.1, 0.15) is 17.3 Å². The fourth-order valence-corrected chi connectivity index (χ4v) is 2.91. The first-order valence-corrected chi connectivity index (χ1v) is 8.72. The van der Waals surface area contributed by atoms with Crippen molar-refractivity contribution in [2.45, 2.75) is 32.4 Å². The second-order valence-corrected chi connectivity index (χ2v) is 6.38. The minimum absolute atomic E-state index is 0.202. The van der Waals surface area contributed by atoms with Gasteiger partial charge in [0, 0.05) is 30.8 Å². The van der Waals surface area contributed by atoms with E-state index in [0.29, 0.717) is 35.4 Å². The molecule has 1 aliphatic heterocycles. The number of hydrogen-bond donors (Lipinski definition) is 2. The van der Waals surface area contributed by atoms with Crippen molar-refractivity contribution >= 4 is 23.3 Å². The molecule has 2 N–H and O–H groups in total. The second-order valence-electron chi connectivity index (χ2n) is 5.98. The van der Waals surface area contributed by atoms with Gasteiger partial charge in [-0.1, -0.05) is 29.8 Å². The van der Waals surface area contributed by atoms with Crippen LogP contribution in [0.15, 0.2) is 30.3 Å². The summed E-state index contributed by atoms with van der Waals surface area (Å²) in [6, 6.07) is 9.07. The van der Waals surface area contributed by atoms with Crippen molar-refractivity contribution in [1.82, 2.24) is 15.3 Å². The van der Waals surface area contributed by atoms with Crippen LogP contribution in [0, 0.1) is 6.92 Å². The first-order valence-electron chi connectivity index (χ1n) is 8.34. The monoisotopic (exact) mass is 360 g/mol. The molecule has 1 aromatic heterocycles. The summed E-state index contributed by atoms with van der Waals surface area (Å²) in [7, 11) is 0. The van der Waals surface area contributed by atoms with Crippen molar-refractivity contribution in [3.8, 4) is 0 Å². The number of anilines is 1. The molecule has 3 rings (SSSR count). The lowest BCUT2D eigenvalue weighted by Crippen LogP contribution is -2.25. The highest BCUT2D eigenvalue weighted by Crippen LogP contribution is 2.15. The molecule has 0 saturated carbocycles. The standard InChI is InChI=1S/C18H21ClN4O2/c1-12-22-16(9-17(23-12)20-11-14-6-4-8-25-14)18(24)21-10-13-5-2-3-7-15(13)19/h2-3,5,7,9,14H,4,6,8,10-11H2,1H3,(H,21,24)(H,20,22,23). The summed E-state index contributed by atoms with van der Waals surface area (Å²) in [5, 5.41) is 6.70. The van der Waals surface area contributed by atoms with Crippen LogP contribution in [0.1, 0.15) is 34.7 Å². The predicted molar refractivity (Wildman–Crippen MR) is 96.9 cm³/mol. The number of ether oxygens (including phenoxy) is 1. The minimum atomic E-state index is -0.259. The van der Waals surface area contributed by atoms with E-state index >= 15 is 0 Å². The van der Waals surface area contributed by atoms with E-state index in [4.69, 9.17) is 16.3 Å². The highest BCUT2D eigenvalue weighted by molar-refractivity contribution is 6.31. The van der Waals surface area contributed by atoms with Crippen LogP contribution in [-0.4, -0.2) is 35.1 Å². The molecule has 1 unspecified atom stereocenters. The molecule has 0 spiro atoms. The van der Waals surface area contributed by atoms with E-state index < -0.39 is 0 Å². The molecule has 7 heteroatoms. The Hall–Kier alpha value is -2.18. The number of rotatable bonds is 6. The summed E-state index contributed by atoms with van der Waals surface area (Å²) < 4.78 is 5.58. The normalized spacial score (nSPS) is 16.6. The molecule has 1 atom stereocenters. The van der Waals surface area contributed by atoms with Crippen molar-refractivity contribution in [3.63, 3.8) is 0 Å². The Labute approximate surface area is 152 Å². The van der Waals surface area contributed by atoms with Crippen molar-refractivity contribution in [2.75, 3.05) is 18.5 Å². The molecule has 25 heavy (non-hydrogen) atoms. The highest BCUT2D eigenvalue weighted by Gasteiger charge is 2.16.